The third-order valence-corrected chi connectivity index (χ3v) is 10.8. The third-order valence-electron chi connectivity index (χ3n) is 6.20. The third kappa shape index (κ3) is 4.06. The van der Waals surface area contributed by atoms with Crippen molar-refractivity contribution in [3.8, 4) is 0 Å². The number of β-lactam (4-membered cyclic amide) rings is 1. The van der Waals surface area contributed by atoms with Gasteiger partial charge in [0.1, 0.15) is 11.0 Å². The second-order valence-corrected chi connectivity index (χ2v) is 14.0. The fourth-order valence-corrected chi connectivity index (χ4v) is 4.73. The Hall–Kier alpha value is -2.26. The molecule has 1 saturated heterocycles. The van der Waals surface area contributed by atoms with E-state index in [9.17, 15) is 9.59 Å². The number of rotatable bonds is 6. The van der Waals surface area contributed by atoms with Crippen molar-refractivity contribution in [2.24, 2.45) is 11.8 Å². The van der Waals surface area contributed by atoms with Gasteiger partial charge in [-0.1, -0.05) is 37.7 Å². The van der Waals surface area contributed by atoms with Crippen LogP contribution in [0.4, 0.5) is 0 Å². The van der Waals surface area contributed by atoms with Gasteiger partial charge in [0.2, 0.25) is 5.91 Å². The van der Waals surface area contributed by atoms with Crippen LogP contribution in [0.15, 0.2) is 24.3 Å². The second-order valence-electron chi connectivity index (χ2n) is 9.29. The van der Waals surface area contributed by atoms with Crippen molar-refractivity contribution in [2.45, 2.75) is 64.9 Å². The quantitative estimate of drug-likeness (QED) is 0.440. The average Bonchev–Trinajstić information content (AvgIpc) is 3.00. The second kappa shape index (κ2) is 7.53. The standard InChI is InChI=1S/C20H30N4O4Si/c1-12(19(26)27-24-15-11-9-8-10-14(15)22-23-24)17-16(18(25)21-17)13(2)28-29(6,7)20(3,4)5/h8-13,16-17H,1-7H3,(H,21,25)/t12-,13-,16-,17-/m1/s1. The largest absolute Gasteiger partial charge is 0.413 e. The van der Waals surface area contributed by atoms with Crippen molar-refractivity contribution in [1.82, 2.24) is 20.5 Å². The molecule has 2 aromatic rings. The molecule has 0 radical (unpaired) electrons. The first kappa shape index (κ1) is 21.4. The van der Waals surface area contributed by atoms with Gasteiger partial charge in [0, 0.05) is 0 Å². The number of nitrogens with zero attached hydrogens (tertiary/aromatic N) is 3. The van der Waals surface area contributed by atoms with Crippen LogP contribution in [-0.2, 0) is 14.0 Å². The number of hydrogen-bond donors (Lipinski definition) is 1. The van der Waals surface area contributed by atoms with E-state index in [0.717, 1.165) is 4.85 Å². The Balaban J connectivity index is 1.69. The van der Waals surface area contributed by atoms with Crippen LogP contribution in [0.1, 0.15) is 34.6 Å². The molecule has 1 aromatic heterocycles. The van der Waals surface area contributed by atoms with Crippen LogP contribution < -0.4 is 10.2 Å². The fourth-order valence-electron chi connectivity index (χ4n) is 3.30. The van der Waals surface area contributed by atoms with E-state index in [-0.39, 0.29) is 29.0 Å². The Morgan fingerprint density at radius 3 is 2.52 bits per heavy atom. The molecule has 3 rings (SSSR count). The van der Waals surface area contributed by atoms with Gasteiger partial charge in [-0.15, -0.1) is 5.10 Å². The van der Waals surface area contributed by atoms with Crippen molar-refractivity contribution < 1.29 is 18.9 Å². The molecule has 0 aliphatic carbocycles. The summed E-state index contributed by atoms with van der Waals surface area (Å²) in [5.74, 6) is -1.51. The van der Waals surface area contributed by atoms with E-state index in [1.165, 1.54) is 0 Å². The molecule has 1 N–H and O–H groups in total. The lowest BCUT2D eigenvalue weighted by Crippen LogP contribution is -2.67. The zero-order valence-corrected chi connectivity index (χ0v) is 19.1. The molecule has 0 saturated carbocycles. The zero-order valence-electron chi connectivity index (χ0n) is 18.1. The number of carbonyl (C=O) groups is 2. The Kier molecular flexibility index (Phi) is 5.57. The van der Waals surface area contributed by atoms with E-state index in [1.807, 2.05) is 19.1 Å². The number of amides is 1. The van der Waals surface area contributed by atoms with Crippen molar-refractivity contribution in [2.75, 3.05) is 0 Å². The Morgan fingerprint density at radius 1 is 1.24 bits per heavy atom. The molecule has 1 fully saturated rings. The lowest BCUT2D eigenvalue weighted by molar-refractivity contribution is -0.157. The minimum Gasteiger partial charge on any atom is -0.413 e. The van der Waals surface area contributed by atoms with Gasteiger partial charge in [-0.25, -0.2) is 4.79 Å². The highest BCUT2D eigenvalue weighted by molar-refractivity contribution is 6.74. The summed E-state index contributed by atoms with van der Waals surface area (Å²) in [5.41, 5.74) is 1.25. The summed E-state index contributed by atoms with van der Waals surface area (Å²) in [6.45, 7) is 14.5. The number of nitrogens with one attached hydrogen (secondary N) is 1. The summed E-state index contributed by atoms with van der Waals surface area (Å²) in [7, 11) is -2.04. The average molecular weight is 419 g/mol. The van der Waals surface area contributed by atoms with Gasteiger partial charge in [-0.2, -0.15) is 0 Å². The van der Waals surface area contributed by atoms with E-state index >= 15 is 0 Å². The summed E-state index contributed by atoms with van der Waals surface area (Å²) in [6.07, 6.45) is -0.280. The number of benzene rings is 1. The van der Waals surface area contributed by atoms with Crippen LogP contribution in [0.5, 0.6) is 0 Å². The molecule has 4 atom stereocenters. The van der Waals surface area contributed by atoms with Gasteiger partial charge < -0.3 is 14.6 Å². The number of fused-ring (bicyclic) bond motifs is 1. The van der Waals surface area contributed by atoms with Crippen molar-refractivity contribution in [3.05, 3.63) is 24.3 Å². The van der Waals surface area contributed by atoms with Gasteiger partial charge in [0.25, 0.3) is 0 Å². The van der Waals surface area contributed by atoms with Crippen LogP contribution in [0.25, 0.3) is 11.0 Å². The van der Waals surface area contributed by atoms with Gasteiger partial charge >= 0.3 is 5.97 Å². The molecule has 29 heavy (non-hydrogen) atoms. The molecule has 1 aliphatic rings. The first-order valence-electron chi connectivity index (χ1n) is 9.93. The van der Waals surface area contributed by atoms with Gasteiger partial charge in [-0.05, 0) is 49.3 Å². The van der Waals surface area contributed by atoms with E-state index in [4.69, 9.17) is 9.26 Å². The van der Waals surface area contributed by atoms with Gasteiger partial charge in [-0.3, -0.25) is 4.79 Å². The summed E-state index contributed by atoms with van der Waals surface area (Å²) in [4.78, 5) is 31.5. The Labute approximate surface area is 172 Å². The monoisotopic (exact) mass is 418 g/mol. The van der Waals surface area contributed by atoms with E-state index in [1.54, 1.807) is 19.1 Å². The van der Waals surface area contributed by atoms with Gasteiger partial charge in [0.15, 0.2) is 8.32 Å². The maximum Gasteiger partial charge on any atom is 0.339 e. The highest BCUT2D eigenvalue weighted by atomic mass is 28.4. The molecule has 0 unspecified atom stereocenters. The number of para-hydroxylation sites is 1. The fraction of sp³-hybridized carbons (Fsp3) is 0.600. The van der Waals surface area contributed by atoms with E-state index in [0.29, 0.717) is 11.0 Å². The summed E-state index contributed by atoms with van der Waals surface area (Å²) >= 11 is 0. The molecular weight excluding hydrogens is 388 g/mol. The topological polar surface area (TPSA) is 95.3 Å². The van der Waals surface area contributed by atoms with Crippen molar-refractivity contribution >= 4 is 31.2 Å². The van der Waals surface area contributed by atoms with Crippen LogP contribution in [0.3, 0.4) is 0 Å². The maximum atomic E-state index is 12.7. The number of carbonyl (C=O) groups excluding carboxylic acids is 2. The van der Waals surface area contributed by atoms with Crippen molar-refractivity contribution in [1.29, 1.82) is 0 Å². The molecule has 1 aliphatic heterocycles. The highest BCUT2D eigenvalue weighted by Crippen LogP contribution is 2.39. The maximum absolute atomic E-state index is 12.7. The number of hydrogen-bond acceptors (Lipinski definition) is 6. The Bertz CT molecular complexity index is 921. The molecule has 1 aromatic carbocycles. The molecular formula is C20H30N4O4Si. The van der Waals surface area contributed by atoms with Crippen LogP contribution in [-0.4, -0.2) is 47.5 Å². The first-order valence-corrected chi connectivity index (χ1v) is 12.8. The molecule has 1 amide bonds. The van der Waals surface area contributed by atoms with E-state index < -0.39 is 20.2 Å². The predicted octanol–water partition coefficient (Wildman–Crippen LogP) is 2.55. The minimum atomic E-state index is -2.04. The highest BCUT2D eigenvalue weighted by Gasteiger charge is 2.51. The molecule has 158 valence electrons. The molecule has 9 heteroatoms. The Morgan fingerprint density at radius 2 is 1.90 bits per heavy atom. The lowest BCUT2D eigenvalue weighted by Gasteiger charge is -2.46. The smallest absolute Gasteiger partial charge is 0.339 e. The summed E-state index contributed by atoms with van der Waals surface area (Å²) in [6, 6.07) is 6.88. The SMILES string of the molecule is C[C@@H](O[Si](C)(C)C(C)(C)C)[C@H]1C(=O)N[C@@H]1[C@@H](C)C(=O)On1nnc2ccccc21. The normalized spacial score (nSPS) is 22.0. The molecule has 8 nitrogen and oxygen atoms in total. The zero-order chi connectivity index (χ0) is 21.6. The summed E-state index contributed by atoms with van der Waals surface area (Å²) in [5, 5.41) is 10.7. The van der Waals surface area contributed by atoms with E-state index in [2.05, 4.69) is 49.5 Å². The molecule has 2 heterocycles. The summed E-state index contributed by atoms with van der Waals surface area (Å²) < 4.78 is 6.40. The molecule has 0 bridgehead atoms. The van der Waals surface area contributed by atoms with Crippen LogP contribution in [0, 0.1) is 11.8 Å². The first-order chi connectivity index (χ1) is 13.4. The lowest BCUT2D eigenvalue weighted by atomic mass is 9.79. The minimum absolute atomic E-state index is 0.0374. The van der Waals surface area contributed by atoms with Crippen molar-refractivity contribution in [3.63, 3.8) is 0 Å². The predicted molar refractivity (Wildman–Crippen MR) is 111 cm³/mol. The number of aromatic nitrogens is 3. The molecule has 0 spiro atoms. The van der Waals surface area contributed by atoms with Crippen LogP contribution in [0.2, 0.25) is 18.1 Å². The van der Waals surface area contributed by atoms with Gasteiger partial charge in [0.05, 0.1) is 24.0 Å². The van der Waals surface area contributed by atoms with Crippen LogP contribution >= 0.6 is 0 Å².